The minimum Gasteiger partial charge on any atom is -0.416 e. The molecule has 10 heteroatoms. The predicted molar refractivity (Wildman–Crippen MR) is 100 cm³/mol. The highest BCUT2D eigenvalue weighted by atomic mass is 32.2. The molecule has 1 aromatic rings. The Morgan fingerprint density at radius 2 is 1.86 bits per heavy atom. The topological polar surface area (TPSA) is 117 Å². The van der Waals surface area contributed by atoms with Gasteiger partial charge in [0.2, 0.25) is 11.8 Å². The number of imide groups is 1. The van der Waals surface area contributed by atoms with E-state index in [2.05, 4.69) is 20.9 Å². The molecule has 1 spiro atoms. The first-order valence-electron chi connectivity index (χ1n) is 10.00. The van der Waals surface area contributed by atoms with Crippen molar-refractivity contribution in [2.75, 3.05) is 5.75 Å². The summed E-state index contributed by atoms with van der Waals surface area (Å²) < 4.78 is 5.68. The Kier molecular flexibility index (Phi) is 5.56. The van der Waals surface area contributed by atoms with Gasteiger partial charge in [-0.1, -0.05) is 50.3 Å². The number of thioether (sulfide) groups is 1. The maximum absolute atomic E-state index is 12.7. The van der Waals surface area contributed by atoms with Crippen LogP contribution in [0.5, 0.6) is 0 Å². The fraction of sp³-hybridized carbons (Fsp3) is 0.722. The summed E-state index contributed by atoms with van der Waals surface area (Å²) >= 11 is 1.10. The van der Waals surface area contributed by atoms with Crippen LogP contribution in [0.25, 0.3) is 0 Å². The Labute approximate surface area is 167 Å². The molecule has 1 aromatic heterocycles. The standard InChI is InChI=1S/C18H25N5O4S/c24-13(11-28-17-21-20-14(27-17)12-7-3-1-4-8-12)22-23-15(25)18(19-16(23)26)9-5-2-6-10-18/h12H,1-11H2,(H,19,26)(H,22,24). The molecule has 0 radical (unpaired) electrons. The molecule has 9 nitrogen and oxygen atoms in total. The number of carbonyl (C=O) groups is 3. The van der Waals surface area contributed by atoms with Crippen molar-refractivity contribution in [3.63, 3.8) is 0 Å². The molecular weight excluding hydrogens is 382 g/mol. The molecular formula is C18H25N5O4S. The summed E-state index contributed by atoms with van der Waals surface area (Å²) in [7, 11) is 0. The molecule has 4 rings (SSSR count). The van der Waals surface area contributed by atoms with Gasteiger partial charge in [0.25, 0.3) is 11.1 Å². The quantitative estimate of drug-likeness (QED) is 0.569. The van der Waals surface area contributed by atoms with Crippen molar-refractivity contribution in [3.05, 3.63) is 5.89 Å². The first-order chi connectivity index (χ1) is 13.6. The molecule has 2 saturated carbocycles. The van der Waals surface area contributed by atoms with E-state index in [0.717, 1.165) is 48.9 Å². The number of nitrogens with zero attached hydrogens (tertiary/aromatic N) is 3. The zero-order valence-electron chi connectivity index (χ0n) is 15.7. The second kappa shape index (κ2) is 8.10. The monoisotopic (exact) mass is 407 g/mol. The Hall–Kier alpha value is -2.10. The van der Waals surface area contributed by atoms with E-state index in [1.165, 1.54) is 19.3 Å². The van der Waals surface area contributed by atoms with E-state index in [9.17, 15) is 14.4 Å². The van der Waals surface area contributed by atoms with E-state index in [-0.39, 0.29) is 11.7 Å². The van der Waals surface area contributed by atoms with Crippen molar-refractivity contribution in [3.8, 4) is 0 Å². The lowest BCUT2D eigenvalue weighted by Gasteiger charge is -2.30. The molecule has 0 aromatic carbocycles. The second-order valence-electron chi connectivity index (χ2n) is 7.78. The lowest BCUT2D eigenvalue weighted by atomic mass is 9.82. The molecule has 2 N–H and O–H groups in total. The molecule has 0 bridgehead atoms. The normalized spacial score (nSPS) is 22.5. The van der Waals surface area contributed by atoms with E-state index >= 15 is 0 Å². The number of hydrazine groups is 1. The first-order valence-corrected chi connectivity index (χ1v) is 11.0. The van der Waals surface area contributed by atoms with E-state index in [0.29, 0.717) is 29.9 Å². The van der Waals surface area contributed by atoms with Gasteiger partial charge in [-0.25, -0.2) is 4.79 Å². The van der Waals surface area contributed by atoms with E-state index in [1.807, 2.05) is 0 Å². The van der Waals surface area contributed by atoms with Gasteiger partial charge < -0.3 is 9.73 Å². The first kappa shape index (κ1) is 19.2. The molecule has 2 aliphatic carbocycles. The molecule has 0 unspecified atom stereocenters. The summed E-state index contributed by atoms with van der Waals surface area (Å²) in [6.07, 6.45) is 9.78. The molecule has 4 amide bonds. The Bertz CT molecular complexity index is 755. The minimum absolute atomic E-state index is 0.0175. The average molecular weight is 407 g/mol. The van der Waals surface area contributed by atoms with Crippen LogP contribution in [0.1, 0.15) is 76.0 Å². The van der Waals surface area contributed by atoms with E-state index < -0.39 is 17.5 Å². The van der Waals surface area contributed by atoms with Crippen molar-refractivity contribution < 1.29 is 18.8 Å². The van der Waals surface area contributed by atoms with Crippen LogP contribution in [-0.4, -0.2) is 44.3 Å². The second-order valence-corrected chi connectivity index (χ2v) is 8.70. The molecule has 2 heterocycles. The van der Waals surface area contributed by atoms with Crippen LogP contribution in [0.15, 0.2) is 9.64 Å². The predicted octanol–water partition coefficient (Wildman–Crippen LogP) is 2.50. The number of rotatable bonds is 5. The van der Waals surface area contributed by atoms with E-state index in [4.69, 9.17) is 4.42 Å². The minimum atomic E-state index is -0.850. The van der Waals surface area contributed by atoms with E-state index in [1.54, 1.807) is 0 Å². The average Bonchev–Trinajstić information content (AvgIpc) is 3.27. The number of hydrogen-bond acceptors (Lipinski definition) is 7. The number of amides is 4. The van der Waals surface area contributed by atoms with Crippen molar-refractivity contribution in [1.82, 2.24) is 25.9 Å². The summed E-state index contributed by atoms with van der Waals surface area (Å²) in [5.41, 5.74) is 1.56. The number of carbonyl (C=O) groups excluding carboxylic acids is 3. The van der Waals surface area contributed by atoms with Gasteiger partial charge in [-0.3, -0.25) is 15.0 Å². The lowest BCUT2D eigenvalue weighted by molar-refractivity contribution is -0.139. The van der Waals surface area contributed by atoms with Gasteiger partial charge in [-0.2, -0.15) is 5.01 Å². The van der Waals surface area contributed by atoms with Gasteiger partial charge in [-0.05, 0) is 25.7 Å². The molecule has 28 heavy (non-hydrogen) atoms. The third kappa shape index (κ3) is 3.87. The van der Waals surface area contributed by atoms with Gasteiger partial charge in [0.1, 0.15) is 5.54 Å². The summed E-state index contributed by atoms with van der Waals surface area (Å²) in [6, 6.07) is -0.567. The highest BCUT2D eigenvalue weighted by Crippen LogP contribution is 2.34. The molecule has 1 aliphatic heterocycles. The highest BCUT2D eigenvalue weighted by molar-refractivity contribution is 7.99. The number of aromatic nitrogens is 2. The van der Waals surface area contributed by atoms with Gasteiger partial charge in [0.05, 0.1) is 5.75 Å². The number of nitrogens with one attached hydrogen (secondary N) is 2. The summed E-state index contributed by atoms with van der Waals surface area (Å²) in [4.78, 5) is 37.1. The van der Waals surface area contributed by atoms with Crippen LogP contribution >= 0.6 is 11.8 Å². The lowest BCUT2D eigenvalue weighted by Crippen LogP contribution is -2.51. The van der Waals surface area contributed by atoms with Crippen LogP contribution in [-0.2, 0) is 9.59 Å². The highest BCUT2D eigenvalue weighted by Gasteiger charge is 2.52. The van der Waals surface area contributed by atoms with Gasteiger partial charge >= 0.3 is 6.03 Å². The number of urea groups is 1. The maximum Gasteiger partial charge on any atom is 0.344 e. The van der Waals surface area contributed by atoms with Crippen molar-refractivity contribution in [2.45, 2.75) is 80.9 Å². The van der Waals surface area contributed by atoms with Crippen molar-refractivity contribution in [1.29, 1.82) is 0 Å². The zero-order valence-corrected chi connectivity index (χ0v) is 16.6. The molecule has 3 fully saturated rings. The molecule has 3 aliphatic rings. The van der Waals surface area contributed by atoms with Crippen LogP contribution in [0, 0.1) is 0 Å². The van der Waals surface area contributed by atoms with Crippen molar-refractivity contribution >= 4 is 29.6 Å². The molecule has 152 valence electrons. The van der Waals surface area contributed by atoms with Gasteiger partial charge in [0.15, 0.2) is 0 Å². The van der Waals surface area contributed by atoms with Crippen molar-refractivity contribution in [2.24, 2.45) is 0 Å². The Morgan fingerprint density at radius 3 is 2.61 bits per heavy atom. The summed E-state index contributed by atoms with van der Waals surface area (Å²) in [6.45, 7) is 0. The Balaban J connectivity index is 1.29. The summed E-state index contributed by atoms with van der Waals surface area (Å²) in [5, 5.41) is 12.0. The van der Waals surface area contributed by atoms with Crippen LogP contribution < -0.4 is 10.7 Å². The fourth-order valence-electron chi connectivity index (χ4n) is 4.29. The Morgan fingerprint density at radius 1 is 1.14 bits per heavy atom. The third-order valence-corrected chi connectivity index (χ3v) is 6.63. The molecule has 0 atom stereocenters. The van der Waals surface area contributed by atoms with Gasteiger partial charge in [0, 0.05) is 5.92 Å². The summed E-state index contributed by atoms with van der Waals surface area (Å²) in [5.74, 6) is 0.0979. The van der Waals surface area contributed by atoms with Crippen LogP contribution in [0.3, 0.4) is 0 Å². The smallest absolute Gasteiger partial charge is 0.344 e. The maximum atomic E-state index is 12.7. The number of hydrogen-bond donors (Lipinski definition) is 2. The fourth-order valence-corrected chi connectivity index (χ4v) is 4.86. The SMILES string of the molecule is O=C(CSc1nnc(C2CCCCC2)o1)NN1C(=O)NC2(CCCCC2)C1=O. The zero-order chi connectivity index (χ0) is 19.6. The largest absolute Gasteiger partial charge is 0.416 e. The van der Waals surface area contributed by atoms with Crippen LogP contribution in [0.4, 0.5) is 4.79 Å². The third-order valence-electron chi connectivity index (χ3n) is 5.81. The molecule has 1 saturated heterocycles. The van der Waals surface area contributed by atoms with Gasteiger partial charge in [-0.15, -0.1) is 10.2 Å². The van der Waals surface area contributed by atoms with Crippen LogP contribution in [0.2, 0.25) is 0 Å².